The molecule has 0 bridgehead atoms. The lowest BCUT2D eigenvalue weighted by Crippen LogP contribution is -2.18. The van der Waals surface area contributed by atoms with Gasteiger partial charge in [0, 0.05) is 0 Å². The minimum Gasteiger partial charge on any atom is -0.320 e. The fraction of sp³-hybridized carbons (Fsp3) is 1.00. The second-order valence-corrected chi connectivity index (χ2v) is 6.48. The van der Waals surface area contributed by atoms with E-state index in [-0.39, 0.29) is 0 Å². The Morgan fingerprint density at radius 1 is 1.12 bits per heavy atom. The summed E-state index contributed by atoms with van der Waals surface area (Å²) in [4.78, 5) is 0. The Balaban J connectivity index is 2.32. The van der Waals surface area contributed by atoms with Crippen molar-refractivity contribution in [3.05, 3.63) is 0 Å². The normalized spacial score (nSPS) is 20.6. The van der Waals surface area contributed by atoms with Gasteiger partial charge in [0.15, 0.2) is 0 Å². The molecular formula is C16H33N. The van der Waals surface area contributed by atoms with Gasteiger partial charge in [-0.2, -0.15) is 0 Å². The molecule has 0 radical (unpaired) electrons. The van der Waals surface area contributed by atoms with E-state index >= 15 is 0 Å². The first kappa shape index (κ1) is 15.0. The van der Waals surface area contributed by atoms with Crippen molar-refractivity contribution in [1.29, 1.82) is 0 Å². The van der Waals surface area contributed by atoms with E-state index in [4.69, 9.17) is 0 Å². The van der Waals surface area contributed by atoms with Gasteiger partial charge in [-0.25, -0.2) is 0 Å². The molecule has 0 aromatic rings. The second-order valence-electron chi connectivity index (χ2n) is 6.48. The van der Waals surface area contributed by atoms with E-state index in [1.165, 1.54) is 70.8 Å². The summed E-state index contributed by atoms with van der Waals surface area (Å²) >= 11 is 0. The molecule has 0 spiro atoms. The molecule has 0 saturated heterocycles. The van der Waals surface area contributed by atoms with Crippen LogP contribution in [0.3, 0.4) is 0 Å². The highest BCUT2D eigenvalue weighted by atomic mass is 14.8. The largest absolute Gasteiger partial charge is 0.320 e. The van der Waals surface area contributed by atoms with Crippen LogP contribution in [0.5, 0.6) is 0 Å². The first-order valence-electron chi connectivity index (χ1n) is 7.85. The quantitative estimate of drug-likeness (QED) is 0.572. The Labute approximate surface area is 109 Å². The molecule has 1 rings (SSSR count). The first-order chi connectivity index (χ1) is 8.20. The maximum atomic E-state index is 3.28. The molecule has 1 aliphatic rings. The topological polar surface area (TPSA) is 12.0 Å². The molecule has 102 valence electrons. The third kappa shape index (κ3) is 5.90. The van der Waals surface area contributed by atoms with Crippen molar-refractivity contribution < 1.29 is 0 Å². The first-order valence-corrected chi connectivity index (χ1v) is 7.85. The van der Waals surface area contributed by atoms with Gasteiger partial charge in [0.25, 0.3) is 0 Å². The van der Waals surface area contributed by atoms with E-state index in [0.29, 0.717) is 5.41 Å². The fourth-order valence-electron chi connectivity index (χ4n) is 3.54. The SMILES string of the molecule is CCCCC(CCCNC)CC1(C)CCCC1. The summed E-state index contributed by atoms with van der Waals surface area (Å²) in [6.45, 7) is 6.05. The lowest BCUT2D eigenvalue weighted by Gasteiger charge is -2.29. The van der Waals surface area contributed by atoms with Crippen molar-refractivity contribution in [3.63, 3.8) is 0 Å². The maximum absolute atomic E-state index is 3.28. The third-order valence-corrected chi connectivity index (χ3v) is 4.60. The lowest BCUT2D eigenvalue weighted by molar-refractivity contribution is 0.224. The molecule has 0 aromatic carbocycles. The molecule has 0 aliphatic heterocycles. The van der Waals surface area contributed by atoms with E-state index in [9.17, 15) is 0 Å². The van der Waals surface area contributed by atoms with E-state index in [2.05, 4.69) is 26.2 Å². The predicted molar refractivity (Wildman–Crippen MR) is 77.4 cm³/mol. The van der Waals surface area contributed by atoms with Gasteiger partial charge < -0.3 is 5.32 Å². The number of nitrogens with one attached hydrogen (secondary N) is 1. The van der Waals surface area contributed by atoms with Crippen LogP contribution in [0, 0.1) is 11.3 Å². The summed E-state index contributed by atoms with van der Waals surface area (Å²) in [6.07, 6.45) is 14.5. The Bertz CT molecular complexity index is 182. The highest BCUT2D eigenvalue weighted by Gasteiger charge is 2.30. The Morgan fingerprint density at radius 2 is 1.76 bits per heavy atom. The molecule has 0 amide bonds. The zero-order valence-electron chi connectivity index (χ0n) is 12.4. The standard InChI is InChI=1S/C16H33N/c1-4-5-9-15(10-8-13-17-3)14-16(2)11-6-7-12-16/h15,17H,4-14H2,1-3H3. The van der Waals surface area contributed by atoms with Crippen molar-refractivity contribution in [2.45, 2.75) is 78.1 Å². The number of rotatable bonds is 9. The summed E-state index contributed by atoms with van der Waals surface area (Å²) in [7, 11) is 2.07. The molecule has 1 N–H and O–H groups in total. The van der Waals surface area contributed by atoms with Crippen LogP contribution in [-0.4, -0.2) is 13.6 Å². The number of hydrogen-bond donors (Lipinski definition) is 1. The van der Waals surface area contributed by atoms with Crippen LogP contribution in [0.15, 0.2) is 0 Å². The molecule has 0 heterocycles. The van der Waals surface area contributed by atoms with Crippen molar-refractivity contribution >= 4 is 0 Å². The number of hydrogen-bond acceptors (Lipinski definition) is 1. The van der Waals surface area contributed by atoms with Crippen molar-refractivity contribution in [1.82, 2.24) is 5.32 Å². The van der Waals surface area contributed by atoms with Crippen molar-refractivity contribution in [2.24, 2.45) is 11.3 Å². The molecule has 17 heavy (non-hydrogen) atoms. The van der Waals surface area contributed by atoms with Crippen LogP contribution in [-0.2, 0) is 0 Å². The average molecular weight is 239 g/mol. The minimum atomic E-state index is 0.693. The fourth-order valence-corrected chi connectivity index (χ4v) is 3.54. The summed E-state index contributed by atoms with van der Waals surface area (Å²) in [5, 5.41) is 3.28. The maximum Gasteiger partial charge on any atom is -0.00518 e. The third-order valence-electron chi connectivity index (χ3n) is 4.60. The Kier molecular flexibility index (Phi) is 7.18. The molecular weight excluding hydrogens is 206 g/mol. The molecule has 1 atom stereocenters. The number of unbranched alkanes of at least 4 members (excludes halogenated alkanes) is 1. The summed E-state index contributed by atoms with van der Waals surface area (Å²) in [5.41, 5.74) is 0.693. The van der Waals surface area contributed by atoms with Crippen LogP contribution < -0.4 is 5.32 Å². The molecule has 1 aliphatic carbocycles. The molecule has 1 saturated carbocycles. The summed E-state index contributed by atoms with van der Waals surface area (Å²) in [5.74, 6) is 0.992. The molecule has 1 fully saturated rings. The van der Waals surface area contributed by atoms with Crippen molar-refractivity contribution in [2.75, 3.05) is 13.6 Å². The predicted octanol–water partition coefficient (Wildman–Crippen LogP) is 4.76. The van der Waals surface area contributed by atoms with E-state index in [0.717, 1.165) is 5.92 Å². The lowest BCUT2D eigenvalue weighted by atomic mass is 9.76. The minimum absolute atomic E-state index is 0.693. The van der Waals surface area contributed by atoms with Crippen LogP contribution in [0.4, 0.5) is 0 Å². The Hall–Kier alpha value is -0.0400. The molecule has 1 nitrogen and oxygen atoms in total. The average Bonchev–Trinajstić information content (AvgIpc) is 2.73. The summed E-state index contributed by atoms with van der Waals surface area (Å²) in [6, 6.07) is 0. The van der Waals surface area contributed by atoms with Gasteiger partial charge >= 0.3 is 0 Å². The van der Waals surface area contributed by atoms with Crippen LogP contribution >= 0.6 is 0 Å². The van der Waals surface area contributed by atoms with Gasteiger partial charge in [-0.3, -0.25) is 0 Å². The van der Waals surface area contributed by atoms with Crippen LogP contribution in [0.25, 0.3) is 0 Å². The van der Waals surface area contributed by atoms with E-state index < -0.39 is 0 Å². The molecule has 0 aromatic heterocycles. The van der Waals surface area contributed by atoms with E-state index in [1.807, 2.05) is 0 Å². The van der Waals surface area contributed by atoms with Gasteiger partial charge in [-0.15, -0.1) is 0 Å². The van der Waals surface area contributed by atoms with Gasteiger partial charge in [0.1, 0.15) is 0 Å². The van der Waals surface area contributed by atoms with Gasteiger partial charge in [0.05, 0.1) is 0 Å². The molecule has 1 unspecified atom stereocenters. The molecule has 1 heteroatoms. The van der Waals surface area contributed by atoms with E-state index in [1.54, 1.807) is 0 Å². The van der Waals surface area contributed by atoms with Crippen LogP contribution in [0.2, 0.25) is 0 Å². The zero-order valence-corrected chi connectivity index (χ0v) is 12.4. The summed E-state index contributed by atoms with van der Waals surface area (Å²) < 4.78 is 0. The van der Waals surface area contributed by atoms with Crippen molar-refractivity contribution in [3.8, 4) is 0 Å². The second kappa shape index (κ2) is 8.13. The van der Waals surface area contributed by atoms with Crippen LogP contribution in [0.1, 0.15) is 78.1 Å². The van der Waals surface area contributed by atoms with Gasteiger partial charge in [0.2, 0.25) is 0 Å². The van der Waals surface area contributed by atoms with Gasteiger partial charge in [-0.1, -0.05) is 46.0 Å². The zero-order chi connectivity index (χ0) is 12.6. The monoisotopic (exact) mass is 239 g/mol. The smallest absolute Gasteiger partial charge is 0.00518 e. The van der Waals surface area contributed by atoms with Gasteiger partial charge in [-0.05, 0) is 57.0 Å². The Morgan fingerprint density at radius 3 is 2.35 bits per heavy atom. The highest BCUT2D eigenvalue weighted by Crippen LogP contribution is 2.44. The highest BCUT2D eigenvalue weighted by molar-refractivity contribution is 4.83.